The summed E-state index contributed by atoms with van der Waals surface area (Å²) in [5.41, 5.74) is 1.28. The first-order chi connectivity index (χ1) is 5.83. The van der Waals surface area contributed by atoms with Gasteiger partial charge in [-0.3, -0.25) is 0 Å². The molecule has 0 heterocycles. The van der Waals surface area contributed by atoms with E-state index in [0.29, 0.717) is 0 Å². The lowest BCUT2D eigenvalue weighted by molar-refractivity contribution is -0.671. The van der Waals surface area contributed by atoms with E-state index in [0.717, 1.165) is 17.6 Å². The molecular weight excluding hydrogens is 218 g/mol. The second-order valence-electron chi connectivity index (χ2n) is 2.64. The molecule has 0 amide bonds. The number of hydrogen-bond acceptors (Lipinski definition) is 1. The highest BCUT2D eigenvalue weighted by atomic mass is 79.9. The largest absolute Gasteiger partial charge is 0.391 e. The van der Waals surface area contributed by atoms with Gasteiger partial charge in [-0.2, -0.15) is 0 Å². The van der Waals surface area contributed by atoms with Gasteiger partial charge in [-0.1, -0.05) is 28.1 Å². The molecule has 0 fully saturated rings. The fourth-order valence-electron chi connectivity index (χ4n) is 1.02. The molecule has 1 rings (SSSR count). The summed E-state index contributed by atoms with van der Waals surface area (Å²) in [5, 5.41) is 10.6. The Kier molecular flexibility index (Phi) is 4.29. The highest BCUT2D eigenvalue weighted by Crippen LogP contribution is 2.10. The summed E-state index contributed by atoms with van der Waals surface area (Å²) >= 11 is 3.41. The van der Waals surface area contributed by atoms with Gasteiger partial charge < -0.3 is 10.4 Å². The summed E-state index contributed by atoms with van der Waals surface area (Å²) in [7, 11) is 0. The number of halogens is 1. The van der Waals surface area contributed by atoms with E-state index in [2.05, 4.69) is 33.4 Å². The Morgan fingerprint density at radius 3 is 2.92 bits per heavy atom. The Bertz CT molecular complexity index is 240. The quantitative estimate of drug-likeness (QED) is 0.727. The van der Waals surface area contributed by atoms with Gasteiger partial charge in [0.05, 0.1) is 13.2 Å². The fraction of sp³-hybridized carbons (Fsp3) is 0.333. The molecular formula is C9H13BrNO+. The number of benzene rings is 1. The Hall–Kier alpha value is -0.380. The van der Waals surface area contributed by atoms with E-state index < -0.39 is 0 Å². The van der Waals surface area contributed by atoms with Gasteiger partial charge in [-0.25, -0.2) is 0 Å². The van der Waals surface area contributed by atoms with Crippen molar-refractivity contribution in [3.63, 3.8) is 0 Å². The second kappa shape index (κ2) is 5.30. The molecule has 2 nitrogen and oxygen atoms in total. The Morgan fingerprint density at radius 2 is 2.25 bits per heavy atom. The molecule has 0 aliphatic heterocycles. The third-order valence-corrected chi connectivity index (χ3v) is 2.10. The molecule has 1 aromatic rings. The minimum Gasteiger partial charge on any atom is -0.391 e. The molecule has 0 bridgehead atoms. The third-order valence-electron chi connectivity index (χ3n) is 1.60. The Morgan fingerprint density at radius 1 is 1.42 bits per heavy atom. The van der Waals surface area contributed by atoms with Crippen LogP contribution in [0.5, 0.6) is 0 Å². The minimum absolute atomic E-state index is 0.244. The zero-order chi connectivity index (χ0) is 8.81. The Balaban J connectivity index is 2.41. The van der Waals surface area contributed by atoms with Crippen LogP contribution < -0.4 is 5.32 Å². The zero-order valence-corrected chi connectivity index (χ0v) is 8.42. The molecule has 0 atom stereocenters. The third kappa shape index (κ3) is 3.34. The average molecular weight is 231 g/mol. The van der Waals surface area contributed by atoms with Gasteiger partial charge in [-0.15, -0.1) is 0 Å². The summed E-state index contributed by atoms with van der Waals surface area (Å²) in [4.78, 5) is 0. The first-order valence-electron chi connectivity index (χ1n) is 4.00. The van der Waals surface area contributed by atoms with E-state index in [9.17, 15) is 0 Å². The first-order valence-corrected chi connectivity index (χ1v) is 4.79. The van der Waals surface area contributed by atoms with E-state index in [-0.39, 0.29) is 6.61 Å². The fourth-order valence-corrected chi connectivity index (χ4v) is 1.47. The van der Waals surface area contributed by atoms with Gasteiger partial charge >= 0.3 is 0 Å². The molecule has 3 heteroatoms. The SMILES string of the molecule is OCC[NH2+]Cc1cccc(Br)c1. The summed E-state index contributed by atoms with van der Waals surface area (Å²) in [6.45, 7) is 1.94. The molecule has 3 N–H and O–H groups in total. The van der Waals surface area contributed by atoms with Crippen molar-refractivity contribution in [3.8, 4) is 0 Å². The van der Waals surface area contributed by atoms with Crippen molar-refractivity contribution in [3.05, 3.63) is 34.3 Å². The van der Waals surface area contributed by atoms with Crippen LogP contribution in [0.1, 0.15) is 5.56 Å². The van der Waals surface area contributed by atoms with Crippen molar-refractivity contribution < 1.29 is 10.4 Å². The summed E-state index contributed by atoms with van der Waals surface area (Å²) in [5.74, 6) is 0. The number of rotatable bonds is 4. The summed E-state index contributed by atoms with van der Waals surface area (Å²) in [6, 6.07) is 8.20. The van der Waals surface area contributed by atoms with Crippen LogP contribution >= 0.6 is 15.9 Å². The average Bonchev–Trinajstić information content (AvgIpc) is 2.05. The van der Waals surface area contributed by atoms with Crippen LogP contribution in [0.2, 0.25) is 0 Å². The Labute approximate surface area is 80.7 Å². The highest BCUT2D eigenvalue weighted by molar-refractivity contribution is 9.10. The van der Waals surface area contributed by atoms with E-state index in [1.54, 1.807) is 0 Å². The van der Waals surface area contributed by atoms with Crippen LogP contribution in [0.15, 0.2) is 28.7 Å². The van der Waals surface area contributed by atoms with Crippen molar-refractivity contribution >= 4 is 15.9 Å². The van der Waals surface area contributed by atoms with Crippen molar-refractivity contribution in [2.75, 3.05) is 13.2 Å². The van der Waals surface area contributed by atoms with Crippen LogP contribution in [-0.2, 0) is 6.54 Å². The maximum absolute atomic E-state index is 8.56. The van der Waals surface area contributed by atoms with E-state index in [1.807, 2.05) is 12.1 Å². The van der Waals surface area contributed by atoms with Crippen LogP contribution in [0.25, 0.3) is 0 Å². The summed E-state index contributed by atoms with van der Waals surface area (Å²) in [6.07, 6.45) is 0. The standard InChI is InChI=1S/C9H12BrNO/c10-9-3-1-2-8(6-9)7-11-4-5-12/h1-3,6,11-12H,4-5,7H2/p+1. The van der Waals surface area contributed by atoms with Crippen LogP contribution in [0.4, 0.5) is 0 Å². The minimum atomic E-state index is 0.244. The highest BCUT2D eigenvalue weighted by Gasteiger charge is 1.94. The van der Waals surface area contributed by atoms with Crippen LogP contribution in [0.3, 0.4) is 0 Å². The van der Waals surface area contributed by atoms with Crippen molar-refractivity contribution in [1.29, 1.82) is 0 Å². The molecule has 0 radical (unpaired) electrons. The molecule has 0 saturated carbocycles. The smallest absolute Gasteiger partial charge is 0.101 e. The lowest BCUT2D eigenvalue weighted by Crippen LogP contribution is -2.83. The van der Waals surface area contributed by atoms with Crippen molar-refractivity contribution in [1.82, 2.24) is 0 Å². The van der Waals surface area contributed by atoms with Crippen molar-refractivity contribution in [2.24, 2.45) is 0 Å². The van der Waals surface area contributed by atoms with Crippen LogP contribution in [-0.4, -0.2) is 18.3 Å². The van der Waals surface area contributed by atoms with Gasteiger partial charge in [0.2, 0.25) is 0 Å². The second-order valence-corrected chi connectivity index (χ2v) is 3.55. The molecule has 0 aliphatic carbocycles. The zero-order valence-electron chi connectivity index (χ0n) is 6.83. The normalized spacial score (nSPS) is 10.2. The topological polar surface area (TPSA) is 36.8 Å². The lowest BCUT2D eigenvalue weighted by atomic mass is 10.2. The monoisotopic (exact) mass is 230 g/mol. The van der Waals surface area contributed by atoms with Gasteiger partial charge in [0.15, 0.2) is 0 Å². The number of aliphatic hydroxyl groups excluding tert-OH is 1. The number of nitrogens with two attached hydrogens (primary N) is 1. The van der Waals surface area contributed by atoms with Gasteiger partial charge in [0.1, 0.15) is 6.54 Å². The van der Waals surface area contributed by atoms with E-state index in [1.165, 1.54) is 5.56 Å². The maximum atomic E-state index is 8.56. The molecule has 0 unspecified atom stereocenters. The van der Waals surface area contributed by atoms with E-state index >= 15 is 0 Å². The summed E-state index contributed by atoms with van der Waals surface area (Å²) < 4.78 is 1.11. The van der Waals surface area contributed by atoms with Gasteiger partial charge in [-0.05, 0) is 12.1 Å². The lowest BCUT2D eigenvalue weighted by Gasteiger charge is -1.99. The number of hydrogen-bond donors (Lipinski definition) is 2. The van der Waals surface area contributed by atoms with Crippen molar-refractivity contribution in [2.45, 2.75) is 6.54 Å². The number of quaternary nitrogens is 1. The number of aliphatic hydroxyl groups is 1. The molecule has 66 valence electrons. The predicted molar refractivity (Wildman–Crippen MR) is 51.7 cm³/mol. The molecule has 0 spiro atoms. The van der Waals surface area contributed by atoms with Crippen LogP contribution in [0, 0.1) is 0 Å². The first kappa shape index (κ1) is 9.71. The maximum Gasteiger partial charge on any atom is 0.101 e. The molecule has 0 aromatic heterocycles. The molecule has 12 heavy (non-hydrogen) atoms. The predicted octanol–water partition coefficient (Wildman–Crippen LogP) is 0.505. The van der Waals surface area contributed by atoms with Gasteiger partial charge in [0, 0.05) is 10.0 Å². The van der Waals surface area contributed by atoms with Gasteiger partial charge in [0.25, 0.3) is 0 Å². The van der Waals surface area contributed by atoms with E-state index in [4.69, 9.17) is 5.11 Å². The molecule has 1 aromatic carbocycles. The molecule has 0 aliphatic rings. The molecule has 0 saturated heterocycles.